The van der Waals surface area contributed by atoms with E-state index in [2.05, 4.69) is 26.0 Å². The Labute approximate surface area is 132 Å². The molecule has 1 N–H and O–H groups in total. The van der Waals surface area contributed by atoms with Crippen molar-refractivity contribution in [3.63, 3.8) is 0 Å². The summed E-state index contributed by atoms with van der Waals surface area (Å²) < 4.78 is 31.9. The van der Waals surface area contributed by atoms with E-state index in [0.29, 0.717) is 13.0 Å². The van der Waals surface area contributed by atoms with Crippen molar-refractivity contribution in [1.29, 1.82) is 0 Å². The van der Waals surface area contributed by atoms with Gasteiger partial charge in [-0.05, 0) is 37.1 Å². The van der Waals surface area contributed by atoms with Crippen molar-refractivity contribution in [3.05, 3.63) is 28.2 Å². The van der Waals surface area contributed by atoms with E-state index in [1.165, 1.54) is 11.4 Å². The van der Waals surface area contributed by atoms with Gasteiger partial charge in [0.1, 0.15) is 0 Å². The molecule has 1 aliphatic rings. The van der Waals surface area contributed by atoms with Crippen LogP contribution in [0.25, 0.3) is 0 Å². The van der Waals surface area contributed by atoms with Gasteiger partial charge in [-0.25, -0.2) is 13.2 Å². The molecule has 21 heavy (non-hydrogen) atoms. The maximum Gasteiger partial charge on any atom is 0.407 e. The standard InChI is InChI=1S/C13H17BrN2O4S/c1-9-7-11(3-4-12(9)14)21(18,19)16-6-5-10(8-16)15-13(17)20-2/h3-4,7,10H,5-6,8H2,1-2H3,(H,15,17). The lowest BCUT2D eigenvalue weighted by atomic mass is 10.2. The first-order chi connectivity index (χ1) is 9.84. The molecule has 2 rings (SSSR count). The summed E-state index contributed by atoms with van der Waals surface area (Å²) in [6.07, 6.45) is 0.0304. The Kier molecular flexibility index (Phi) is 4.90. The van der Waals surface area contributed by atoms with Crippen molar-refractivity contribution in [2.75, 3.05) is 20.2 Å². The van der Waals surface area contributed by atoms with E-state index in [4.69, 9.17) is 0 Å². The van der Waals surface area contributed by atoms with Crippen LogP contribution in [-0.4, -0.2) is 45.1 Å². The smallest absolute Gasteiger partial charge is 0.407 e. The number of nitrogens with zero attached hydrogens (tertiary/aromatic N) is 1. The van der Waals surface area contributed by atoms with Crippen LogP contribution >= 0.6 is 15.9 Å². The van der Waals surface area contributed by atoms with E-state index in [-0.39, 0.29) is 17.5 Å². The fraction of sp³-hybridized carbons (Fsp3) is 0.462. The van der Waals surface area contributed by atoms with E-state index >= 15 is 0 Å². The number of halogens is 1. The Morgan fingerprint density at radius 1 is 1.48 bits per heavy atom. The van der Waals surface area contributed by atoms with Crippen LogP contribution in [0.5, 0.6) is 0 Å². The molecule has 1 aromatic rings. The molecule has 116 valence electrons. The zero-order chi connectivity index (χ0) is 15.6. The van der Waals surface area contributed by atoms with Crippen LogP contribution in [0.3, 0.4) is 0 Å². The normalized spacial score (nSPS) is 19.5. The Hall–Kier alpha value is -1.12. The van der Waals surface area contributed by atoms with Crippen LogP contribution in [0.15, 0.2) is 27.6 Å². The number of carbonyl (C=O) groups excluding carboxylic acids is 1. The quantitative estimate of drug-likeness (QED) is 0.873. The number of amides is 1. The van der Waals surface area contributed by atoms with Gasteiger partial charge >= 0.3 is 6.09 Å². The summed E-state index contributed by atoms with van der Waals surface area (Å²) in [6, 6.07) is 4.72. The van der Waals surface area contributed by atoms with E-state index in [1.54, 1.807) is 18.2 Å². The fourth-order valence-electron chi connectivity index (χ4n) is 2.22. The number of nitrogens with one attached hydrogen (secondary N) is 1. The molecule has 1 fully saturated rings. The van der Waals surface area contributed by atoms with Crippen molar-refractivity contribution >= 4 is 32.0 Å². The lowest BCUT2D eigenvalue weighted by Gasteiger charge is -2.17. The van der Waals surface area contributed by atoms with Crippen molar-refractivity contribution in [1.82, 2.24) is 9.62 Å². The maximum absolute atomic E-state index is 12.6. The summed E-state index contributed by atoms with van der Waals surface area (Å²) in [5, 5.41) is 2.63. The first kappa shape index (κ1) is 16.3. The van der Waals surface area contributed by atoms with Gasteiger partial charge in [-0.2, -0.15) is 4.31 Å². The Bertz CT molecular complexity index is 648. The van der Waals surface area contributed by atoms with Crippen molar-refractivity contribution in [2.24, 2.45) is 0 Å². The summed E-state index contributed by atoms with van der Waals surface area (Å²) in [5.74, 6) is 0. The topological polar surface area (TPSA) is 75.7 Å². The van der Waals surface area contributed by atoms with Gasteiger partial charge in [0, 0.05) is 23.6 Å². The molecule has 1 atom stereocenters. The third-order valence-electron chi connectivity index (χ3n) is 3.43. The van der Waals surface area contributed by atoms with Crippen LogP contribution in [0.4, 0.5) is 4.79 Å². The molecule has 6 nitrogen and oxygen atoms in total. The third-order valence-corrected chi connectivity index (χ3v) is 6.18. The number of benzene rings is 1. The molecule has 0 saturated carbocycles. The molecule has 1 amide bonds. The average molecular weight is 377 g/mol. The minimum Gasteiger partial charge on any atom is -0.453 e. The van der Waals surface area contributed by atoms with Gasteiger partial charge < -0.3 is 10.1 Å². The van der Waals surface area contributed by atoms with Crippen LogP contribution in [-0.2, 0) is 14.8 Å². The number of hydrogen-bond donors (Lipinski definition) is 1. The van der Waals surface area contributed by atoms with Gasteiger partial charge in [0.05, 0.1) is 12.0 Å². The van der Waals surface area contributed by atoms with E-state index in [1.807, 2.05) is 6.92 Å². The highest BCUT2D eigenvalue weighted by molar-refractivity contribution is 9.10. The van der Waals surface area contributed by atoms with Gasteiger partial charge in [-0.3, -0.25) is 0 Å². The monoisotopic (exact) mass is 376 g/mol. The molecule has 0 spiro atoms. The predicted octanol–water partition coefficient (Wildman–Crippen LogP) is 1.88. The molecule has 8 heteroatoms. The largest absolute Gasteiger partial charge is 0.453 e. The number of hydrogen-bond acceptors (Lipinski definition) is 4. The van der Waals surface area contributed by atoms with Gasteiger partial charge in [0.2, 0.25) is 10.0 Å². The molecule has 1 aromatic carbocycles. The third kappa shape index (κ3) is 3.56. The average Bonchev–Trinajstić information content (AvgIpc) is 2.90. The second-order valence-electron chi connectivity index (χ2n) is 4.90. The van der Waals surface area contributed by atoms with E-state index in [0.717, 1.165) is 10.0 Å². The van der Waals surface area contributed by atoms with Crippen molar-refractivity contribution < 1.29 is 17.9 Å². The van der Waals surface area contributed by atoms with Gasteiger partial charge in [-0.15, -0.1) is 0 Å². The lowest BCUT2D eigenvalue weighted by Crippen LogP contribution is -2.38. The second-order valence-corrected chi connectivity index (χ2v) is 7.69. The number of ether oxygens (including phenoxy) is 1. The molecule has 0 radical (unpaired) electrons. The summed E-state index contributed by atoms with van der Waals surface area (Å²) >= 11 is 3.35. The summed E-state index contributed by atoms with van der Waals surface area (Å²) in [6.45, 7) is 2.48. The van der Waals surface area contributed by atoms with Crippen LogP contribution in [0.1, 0.15) is 12.0 Å². The first-order valence-electron chi connectivity index (χ1n) is 6.45. The number of alkyl carbamates (subject to hydrolysis) is 1. The summed E-state index contributed by atoms with van der Waals surface area (Å²) in [4.78, 5) is 11.4. The molecule has 0 aromatic heterocycles. The number of carbonyl (C=O) groups is 1. The molecule has 0 aliphatic carbocycles. The van der Waals surface area contributed by atoms with Crippen LogP contribution in [0, 0.1) is 6.92 Å². The Morgan fingerprint density at radius 2 is 2.19 bits per heavy atom. The lowest BCUT2D eigenvalue weighted by molar-refractivity contribution is 0.167. The van der Waals surface area contributed by atoms with Crippen LogP contribution in [0.2, 0.25) is 0 Å². The number of aryl methyl sites for hydroxylation is 1. The molecular weight excluding hydrogens is 360 g/mol. The fourth-order valence-corrected chi connectivity index (χ4v) is 4.05. The molecule has 1 saturated heterocycles. The summed E-state index contributed by atoms with van der Waals surface area (Å²) in [7, 11) is -2.25. The van der Waals surface area contributed by atoms with E-state index < -0.39 is 16.1 Å². The molecular formula is C13H17BrN2O4S. The Morgan fingerprint density at radius 3 is 2.81 bits per heavy atom. The zero-order valence-electron chi connectivity index (χ0n) is 11.8. The first-order valence-corrected chi connectivity index (χ1v) is 8.68. The maximum atomic E-state index is 12.6. The van der Waals surface area contributed by atoms with Gasteiger partial charge in [0.15, 0.2) is 0 Å². The second kappa shape index (κ2) is 6.33. The number of rotatable bonds is 3. The molecule has 1 aliphatic heterocycles. The molecule has 1 heterocycles. The van der Waals surface area contributed by atoms with Crippen molar-refractivity contribution in [3.8, 4) is 0 Å². The SMILES string of the molecule is COC(=O)NC1CCN(S(=O)(=O)c2ccc(Br)c(C)c2)C1. The highest BCUT2D eigenvalue weighted by Gasteiger charge is 2.33. The van der Waals surface area contributed by atoms with E-state index in [9.17, 15) is 13.2 Å². The number of sulfonamides is 1. The summed E-state index contributed by atoms with van der Waals surface area (Å²) in [5.41, 5.74) is 0.861. The minimum absolute atomic E-state index is 0.219. The molecule has 1 unspecified atom stereocenters. The number of methoxy groups -OCH3 is 1. The van der Waals surface area contributed by atoms with Crippen molar-refractivity contribution in [2.45, 2.75) is 24.3 Å². The highest BCUT2D eigenvalue weighted by atomic mass is 79.9. The highest BCUT2D eigenvalue weighted by Crippen LogP contribution is 2.25. The van der Waals surface area contributed by atoms with Gasteiger partial charge in [-0.1, -0.05) is 15.9 Å². The van der Waals surface area contributed by atoms with Crippen LogP contribution < -0.4 is 5.32 Å². The molecule has 0 bridgehead atoms. The predicted molar refractivity (Wildman–Crippen MR) is 81.6 cm³/mol. The Balaban J connectivity index is 2.14. The minimum atomic E-state index is -3.53. The zero-order valence-corrected chi connectivity index (χ0v) is 14.2. The van der Waals surface area contributed by atoms with Gasteiger partial charge in [0.25, 0.3) is 0 Å².